The molecule has 83 heavy (non-hydrogen) atoms. The van der Waals surface area contributed by atoms with Gasteiger partial charge in [0.1, 0.15) is 99.2 Å². The van der Waals surface area contributed by atoms with E-state index in [4.69, 9.17) is 23.7 Å². The van der Waals surface area contributed by atoms with Crippen LogP contribution in [0, 0.1) is 0 Å². The van der Waals surface area contributed by atoms with E-state index >= 15 is 0 Å². The number of phenolic OH excluding ortho intramolecular Hbond substituents is 14. The molecule has 0 amide bonds. The molecule has 18 N–H and O–H groups in total. The number of aliphatic hydroxyl groups excluding tert-OH is 4. The lowest BCUT2D eigenvalue weighted by Crippen LogP contribution is -2.57. The second-order valence-electron chi connectivity index (χ2n) is 21.0. The van der Waals surface area contributed by atoms with Crippen molar-refractivity contribution in [3.8, 4) is 109 Å². The molecular formula is C60H48O23. The molecule has 8 aromatic carbocycles. The number of rotatable bonds is 6. The van der Waals surface area contributed by atoms with Crippen LogP contribution in [0.3, 0.4) is 0 Å². The zero-order valence-corrected chi connectivity index (χ0v) is 42.5. The molecule has 0 fully saturated rings. The van der Waals surface area contributed by atoms with E-state index in [1.165, 1.54) is 42.5 Å². The Morgan fingerprint density at radius 1 is 0.337 bits per heavy atom. The fraction of sp³-hybridized carbons (Fsp3) is 0.200. The number of fused-ring (bicyclic) bond motifs is 10. The Morgan fingerprint density at radius 2 is 0.759 bits per heavy atom. The van der Waals surface area contributed by atoms with Gasteiger partial charge in [-0.15, -0.1) is 0 Å². The van der Waals surface area contributed by atoms with Gasteiger partial charge >= 0.3 is 5.79 Å². The van der Waals surface area contributed by atoms with Gasteiger partial charge in [0.15, 0.2) is 46.7 Å². The third kappa shape index (κ3) is 7.72. The summed E-state index contributed by atoms with van der Waals surface area (Å²) < 4.78 is 32.8. The number of hydrogen-bond donors (Lipinski definition) is 18. The van der Waals surface area contributed by atoms with Crippen LogP contribution in [0.5, 0.6) is 109 Å². The van der Waals surface area contributed by atoms with Gasteiger partial charge in [-0.3, -0.25) is 0 Å². The maximum absolute atomic E-state index is 13.1. The van der Waals surface area contributed by atoms with Crippen molar-refractivity contribution in [3.63, 3.8) is 0 Å². The highest BCUT2D eigenvalue weighted by atomic mass is 16.7. The van der Waals surface area contributed by atoms with Crippen molar-refractivity contribution in [1.29, 1.82) is 0 Å². The van der Waals surface area contributed by atoms with Crippen LogP contribution >= 0.6 is 0 Å². The molecule has 0 unspecified atom stereocenters. The van der Waals surface area contributed by atoms with Gasteiger partial charge in [0.05, 0.1) is 23.9 Å². The first-order valence-electron chi connectivity index (χ1n) is 25.6. The lowest BCUT2D eigenvalue weighted by molar-refractivity contribution is -0.219. The summed E-state index contributed by atoms with van der Waals surface area (Å²) in [7, 11) is 0. The van der Waals surface area contributed by atoms with Gasteiger partial charge in [-0.05, 0) is 77.4 Å². The molecule has 0 spiro atoms. The largest absolute Gasteiger partial charge is 0.508 e. The summed E-state index contributed by atoms with van der Waals surface area (Å²) in [6.07, 6.45) is -12.8. The Hall–Kier alpha value is -10.2. The minimum atomic E-state index is -2.27. The zero-order chi connectivity index (χ0) is 58.6. The van der Waals surface area contributed by atoms with Crippen molar-refractivity contribution in [2.24, 2.45) is 0 Å². The maximum atomic E-state index is 13.1. The average molecular weight is 1140 g/mol. The molecule has 23 nitrogen and oxygen atoms in total. The predicted molar refractivity (Wildman–Crippen MR) is 281 cm³/mol. The molecule has 8 aromatic rings. The quantitative estimate of drug-likeness (QED) is 0.0850. The molecule has 23 heteroatoms. The van der Waals surface area contributed by atoms with Crippen LogP contribution in [0.2, 0.25) is 0 Å². The fourth-order valence-corrected chi connectivity index (χ4v) is 12.5. The molecule has 0 saturated heterocycles. The van der Waals surface area contributed by atoms with Gasteiger partial charge in [-0.2, -0.15) is 0 Å². The highest BCUT2D eigenvalue weighted by Gasteiger charge is 2.61. The zero-order valence-electron chi connectivity index (χ0n) is 42.5. The second-order valence-corrected chi connectivity index (χ2v) is 21.0. The van der Waals surface area contributed by atoms with Gasteiger partial charge in [0.2, 0.25) is 0 Å². The Morgan fingerprint density at radius 3 is 1.27 bits per heavy atom. The van der Waals surface area contributed by atoms with Gasteiger partial charge in [0.25, 0.3) is 0 Å². The fourth-order valence-electron chi connectivity index (χ4n) is 12.5. The Balaban J connectivity index is 1.09. The molecule has 5 aliphatic heterocycles. The van der Waals surface area contributed by atoms with Crippen LogP contribution in [0.1, 0.15) is 97.3 Å². The first-order valence-corrected chi connectivity index (χ1v) is 25.6. The Labute approximate surface area is 466 Å². The standard InChI is InChI=1S/C60H48O23/c61-24-6-4-23(5-7-24)60-59(78)50(42-34(70)14-25(62)15-40(42)82-60)47-41(83-60)19-38(74)46-49(52(77)55(81-58(46)47)22-3-10-29(65)33(69)13-22)45-37(73)18-36(72)44-48(51(76)54(80-57(44)45)21-2-9-28(64)32(68)12-21)43-35(71)17-30(66)26-16-39(75)53(79-56(26)43)20-1-8-27(63)31(67)11-20/h1-15,17-19,39,48-55,59,61-78H,16H2/t39-,48+,49+,50+,51-,52-,53-,54-,55-,59-,60-/m1/s1. The van der Waals surface area contributed by atoms with Gasteiger partial charge in [-0.25, -0.2) is 0 Å². The van der Waals surface area contributed by atoms with E-state index in [1.807, 2.05) is 0 Å². The number of aromatic hydroxyl groups is 14. The molecule has 426 valence electrons. The second kappa shape index (κ2) is 18.4. The van der Waals surface area contributed by atoms with Gasteiger partial charge in [-0.1, -0.05) is 18.2 Å². The topological polar surface area (TPSA) is 410 Å². The SMILES string of the molecule is Oc1ccc([C@@]23Oc4cc(O)cc(O)c4[C@@H](c4c(cc(O)c5c4O[C@H](c4ccc(O)c(O)c4)[C@H](O)[C@H]5c4c(O)cc(O)c5c4O[C@H](c4ccc(O)c(O)c4)[C@H](O)[C@H]5c4c(O)cc(O)c5c4O[C@H](c4ccc(O)c(O)c4)[C@H](O)C5)O2)[C@H]3O)cc1. The molecule has 2 bridgehead atoms. The molecule has 5 heterocycles. The summed E-state index contributed by atoms with van der Waals surface area (Å²) >= 11 is 0. The molecule has 0 saturated carbocycles. The smallest absolute Gasteiger partial charge is 0.305 e. The lowest BCUT2D eigenvalue weighted by atomic mass is 9.71. The number of benzene rings is 8. The molecule has 5 aliphatic rings. The molecule has 11 atom stereocenters. The minimum absolute atomic E-state index is 0.0633. The van der Waals surface area contributed by atoms with Crippen LogP contribution < -0.4 is 23.7 Å². The van der Waals surface area contributed by atoms with E-state index in [0.29, 0.717) is 0 Å². The normalized spacial score (nSPS) is 25.3. The summed E-state index contributed by atoms with van der Waals surface area (Å²) in [5.41, 5.74) is -2.12. The molecule has 0 aliphatic carbocycles. The van der Waals surface area contributed by atoms with Crippen molar-refractivity contribution < 1.29 is 116 Å². The first kappa shape index (κ1) is 52.2. The van der Waals surface area contributed by atoms with Crippen LogP contribution in [0.4, 0.5) is 0 Å². The maximum Gasteiger partial charge on any atom is 0.305 e. The number of aliphatic hydroxyl groups is 4. The minimum Gasteiger partial charge on any atom is -0.508 e. The Bertz CT molecular complexity index is 4030. The van der Waals surface area contributed by atoms with Crippen LogP contribution in [0.15, 0.2) is 109 Å². The number of phenols is 14. The molecule has 13 rings (SSSR count). The van der Waals surface area contributed by atoms with E-state index in [0.717, 1.165) is 66.7 Å². The van der Waals surface area contributed by atoms with E-state index in [9.17, 15) is 91.9 Å². The molecule has 0 radical (unpaired) electrons. The monoisotopic (exact) mass is 1140 g/mol. The first-order chi connectivity index (χ1) is 39.5. The lowest BCUT2D eigenvalue weighted by Gasteiger charge is -2.51. The highest BCUT2D eigenvalue weighted by molar-refractivity contribution is 5.74. The van der Waals surface area contributed by atoms with E-state index in [2.05, 4.69) is 0 Å². The van der Waals surface area contributed by atoms with Crippen molar-refractivity contribution in [2.75, 3.05) is 0 Å². The summed E-state index contributed by atoms with van der Waals surface area (Å²) in [5.74, 6) is -18.2. The third-order valence-corrected chi connectivity index (χ3v) is 16.2. The van der Waals surface area contributed by atoms with E-state index in [1.54, 1.807) is 0 Å². The highest BCUT2D eigenvalue weighted by Crippen LogP contribution is 2.67. The van der Waals surface area contributed by atoms with Crippen LogP contribution in [0.25, 0.3) is 0 Å². The van der Waals surface area contributed by atoms with Gasteiger partial charge < -0.3 is 116 Å². The predicted octanol–water partition coefficient (Wildman–Crippen LogP) is 5.99. The van der Waals surface area contributed by atoms with Crippen molar-refractivity contribution in [3.05, 3.63) is 170 Å². The number of hydrogen-bond acceptors (Lipinski definition) is 23. The van der Waals surface area contributed by atoms with Crippen LogP contribution in [-0.4, -0.2) is 116 Å². The molecule has 0 aromatic heterocycles. The van der Waals surface area contributed by atoms with Gasteiger partial charge in [0, 0.05) is 81.3 Å². The van der Waals surface area contributed by atoms with E-state index in [-0.39, 0.29) is 67.5 Å². The summed E-state index contributed by atoms with van der Waals surface area (Å²) in [5, 5.41) is 207. The van der Waals surface area contributed by atoms with Crippen molar-refractivity contribution in [2.45, 2.75) is 72.7 Å². The summed E-state index contributed by atoms with van der Waals surface area (Å²) in [6, 6.07) is 20.5. The third-order valence-electron chi connectivity index (χ3n) is 16.2. The van der Waals surface area contributed by atoms with E-state index < -0.39 is 176 Å². The van der Waals surface area contributed by atoms with Crippen LogP contribution in [-0.2, 0) is 12.2 Å². The van der Waals surface area contributed by atoms with Crippen molar-refractivity contribution >= 4 is 0 Å². The average Bonchev–Trinajstić information content (AvgIpc) is 1.10. The Kier molecular flexibility index (Phi) is 11.6. The number of ether oxygens (including phenoxy) is 5. The van der Waals surface area contributed by atoms with Crippen molar-refractivity contribution in [1.82, 2.24) is 0 Å². The molecular weight excluding hydrogens is 1090 g/mol. The summed E-state index contributed by atoms with van der Waals surface area (Å²) in [4.78, 5) is 0. The summed E-state index contributed by atoms with van der Waals surface area (Å²) in [6.45, 7) is 0.